The van der Waals surface area contributed by atoms with Gasteiger partial charge < -0.3 is 5.73 Å². The van der Waals surface area contributed by atoms with Gasteiger partial charge in [-0.1, -0.05) is 6.07 Å². The minimum Gasteiger partial charge on any atom is -0.399 e. The molecule has 0 aliphatic rings. The summed E-state index contributed by atoms with van der Waals surface area (Å²) < 4.78 is 0. The number of nitro benzene ring substituents is 1. The first-order valence-corrected chi connectivity index (χ1v) is 5.26. The predicted molar refractivity (Wildman–Crippen MR) is 64.4 cm³/mol. The molecule has 0 saturated heterocycles. The van der Waals surface area contributed by atoms with E-state index in [9.17, 15) is 10.1 Å². The number of hydrogen-bond acceptors (Lipinski definition) is 6. The van der Waals surface area contributed by atoms with Crippen LogP contribution < -0.4 is 5.73 Å². The van der Waals surface area contributed by atoms with Gasteiger partial charge in [0.15, 0.2) is 6.20 Å². The maximum Gasteiger partial charge on any atom is 0.523 e. The second-order valence-electron chi connectivity index (χ2n) is 2.77. The molecule has 0 aliphatic heterocycles. The fourth-order valence-corrected chi connectivity index (χ4v) is 1.32. The van der Waals surface area contributed by atoms with Crippen molar-refractivity contribution in [3.05, 3.63) is 50.9 Å². The van der Waals surface area contributed by atoms with E-state index >= 15 is 0 Å². The third-order valence-corrected chi connectivity index (χ3v) is 2.24. The van der Waals surface area contributed by atoms with Crippen molar-refractivity contribution in [2.24, 2.45) is 0 Å². The average molecular weight is 250 g/mol. The number of nitrogen functional groups attached to an aromatic ring is 1. The number of anilines is 1. The Balaban J connectivity index is 0.000000181. The molecule has 0 amide bonds. The van der Waals surface area contributed by atoms with Gasteiger partial charge in [0, 0.05) is 28.2 Å². The van der Waals surface area contributed by atoms with Crippen molar-refractivity contribution >= 4 is 27.8 Å². The van der Waals surface area contributed by atoms with Crippen LogP contribution in [0.5, 0.6) is 0 Å². The van der Waals surface area contributed by atoms with Crippen molar-refractivity contribution in [3.8, 4) is 0 Å². The topological polar surface area (TPSA) is 110 Å². The van der Waals surface area contributed by atoms with Crippen LogP contribution >= 0.6 is 11.3 Å². The molecule has 1 heterocycles. The first-order chi connectivity index (χ1) is 8.13. The Morgan fingerprint density at radius 3 is 2.65 bits per heavy atom. The normalized spacial score (nSPS) is 8.65. The van der Waals surface area contributed by atoms with Crippen LogP contribution in [0.3, 0.4) is 0 Å². The Hall–Kier alpha value is -2.53. The molecular weight excluding hydrogens is 242 g/mol. The van der Waals surface area contributed by atoms with Gasteiger partial charge >= 0.3 is 5.13 Å². The van der Waals surface area contributed by atoms with E-state index in [4.69, 9.17) is 11.1 Å². The molecule has 0 atom stereocenters. The lowest BCUT2D eigenvalue weighted by atomic mass is 10.3. The van der Waals surface area contributed by atoms with Gasteiger partial charge in [0.1, 0.15) is 0 Å². The Morgan fingerprint density at radius 2 is 2.29 bits per heavy atom. The molecule has 1 aromatic heterocycles. The molecule has 0 spiro atoms. The zero-order valence-corrected chi connectivity index (χ0v) is 9.37. The van der Waals surface area contributed by atoms with Crippen molar-refractivity contribution in [1.82, 2.24) is 4.98 Å². The lowest BCUT2D eigenvalue weighted by molar-refractivity contribution is -0.384. The smallest absolute Gasteiger partial charge is 0.399 e. The molecule has 2 rings (SSSR count). The van der Waals surface area contributed by atoms with Crippen LogP contribution in [0.4, 0.5) is 16.5 Å². The number of nitrogens with zero attached hydrogens (tertiary/aromatic N) is 4. The minimum absolute atomic E-state index is 0.0278. The fraction of sp³-hybridized carbons (Fsp3) is 0. The number of rotatable bonds is 1. The van der Waals surface area contributed by atoms with E-state index in [1.165, 1.54) is 23.5 Å². The average Bonchev–Trinajstić information content (AvgIpc) is 2.82. The van der Waals surface area contributed by atoms with Crippen molar-refractivity contribution in [1.29, 1.82) is 5.39 Å². The van der Waals surface area contributed by atoms with Gasteiger partial charge in [-0.2, -0.15) is 0 Å². The Kier molecular flexibility index (Phi) is 4.53. The number of hydrogen-bond donors (Lipinski definition) is 1. The molecule has 7 nitrogen and oxygen atoms in total. The van der Waals surface area contributed by atoms with Gasteiger partial charge in [0.05, 0.1) is 10.3 Å². The molecule has 0 bridgehead atoms. The summed E-state index contributed by atoms with van der Waals surface area (Å²) in [4.78, 5) is 16.1. The van der Waals surface area contributed by atoms with E-state index < -0.39 is 4.92 Å². The monoisotopic (exact) mass is 250 g/mol. The molecule has 0 unspecified atom stereocenters. The quantitative estimate of drug-likeness (QED) is 0.362. The van der Waals surface area contributed by atoms with E-state index in [1.807, 2.05) is 0 Å². The van der Waals surface area contributed by atoms with Crippen molar-refractivity contribution < 1.29 is 4.92 Å². The second kappa shape index (κ2) is 6.14. The lowest BCUT2D eigenvalue weighted by Crippen LogP contribution is -1.89. The molecule has 2 N–H and O–H groups in total. The van der Waals surface area contributed by atoms with Crippen molar-refractivity contribution in [3.63, 3.8) is 0 Å². The molecule has 86 valence electrons. The van der Waals surface area contributed by atoms with Gasteiger partial charge in [-0.25, -0.2) is 0 Å². The van der Waals surface area contributed by atoms with E-state index in [2.05, 4.69) is 9.96 Å². The minimum atomic E-state index is -0.476. The molecule has 0 aliphatic carbocycles. The number of aromatic nitrogens is 1. The standard InChI is InChI=1S/C6H6N2O2.C3H2N3S/c7-5-2-1-3-6(4-5)8(9)10;4-6-3-5-1-2-7-3/h1-4H,7H2;1-2H/q;+1. The number of benzene rings is 1. The van der Waals surface area contributed by atoms with Gasteiger partial charge in [0.2, 0.25) is 0 Å². The highest BCUT2D eigenvalue weighted by atomic mass is 32.1. The Bertz CT molecular complexity index is 535. The lowest BCUT2D eigenvalue weighted by Gasteiger charge is -1.90. The maximum absolute atomic E-state index is 10.1. The fourth-order valence-electron chi connectivity index (χ4n) is 0.904. The predicted octanol–water partition coefficient (Wildman–Crippen LogP) is 2.80. The van der Waals surface area contributed by atoms with Crippen LogP contribution in [0.15, 0.2) is 35.8 Å². The molecule has 17 heavy (non-hydrogen) atoms. The van der Waals surface area contributed by atoms with E-state index in [-0.39, 0.29) is 5.69 Å². The van der Waals surface area contributed by atoms with E-state index in [0.29, 0.717) is 10.8 Å². The second-order valence-corrected chi connectivity index (χ2v) is 3.64. The molecule has 8 heteroatoms. The van der Waals surface area contributed by atoms with Crippen LogP contribution in [-0.4, -0.2) is 9.91 Å². The van der Waals surface area contributed by atoms with E-state index in [1.54, 1.807) is 23.7 Å². The van der Waals surface area contributed by atoms with Gasteiger partial charge in [0.25, 0.3) is 5.69 Å². The first kappa shape index (κ1) is 12.5. The van der Waals surface area contributed by atoms with Crippen LogP contribution in [0.25, 0.3) is 4.98 Å². The third-order valence-electron chi connectivity index (χ3n) is 1.59. The first-order valence-electron chi connectivity index (χ1n) is 4.38. The highest BCUT2D eigenvalue weighted by Crippen LogP contribution is 2.13. The summed E-state index contributed by atoms with van der Waals surface area (Å²) in [6.07, 6.45) is 1.58. The highest BCUT2D eigenvalue weighted by molar-refractivity contribution is 7.13. The molecule has 0 fully saturated rings. The molecule has 0 saturated carbocycles. The Morgan fingerprint density at radius 1 is 1.53 bits per heavy atom. The number of thiazole rings is 1. The summed E-state index contributed by atoms with van der Waals surface area (Å²) in [6, 6.07) is 5.87. The zero-order valence-electron chi connectivity index (χ0n) is 8.56. The summed E-state index contributed by atoms with van der Waals surface area (Å²) in [5, 5.41) is 20.3. The third kappa shape index (κ3) is 4.23. The van der Waals surface area contributed by atoms with Gasteiger partial charge in [-0.3, -0.25) is 10.1 Å². The van der Waals surface area contributed by atoms with Crippen LogP contribution in [0, 0.1) is 15.5 Å². The summed E-state index contributed by atoms with van der Waals surface area (Å²) in [7, 11) is 0. The number of nitrogens with two attached hydrogens (primary N) is 1. The van der Waals surface area contributed by atoms with E-state index in [0.717, 1.165) is 0 Å². The summed E-state index contributed by atoms with van der Waals surface area (Å²) in [5.74, 6) is 0. The van der Waals surface area contributed by atoms with Gasteiger partial charge in [-0.05, 0) is 22.4 Å². The summed E-state index contributed by atoms with van der Waals surface area (Å²) >= 11 is 1.30. The molecule has 0 radical (unpaired) electrons. The van der Waals surface area contributed by atoms with Crippen molar-refractivity contribution in [2.45, 2.75) is 0 Å². The van der Waals surface area contributed by atoms with Crippen LogP contribution in [-0.2, 0) is 0 Å². The zero-order chi connectivity index (χ0) is 12.7. The SMILES string of the molecule is N#[N+]c1nccs1.Nc1cccc([N+](=O)[O-])c1. The maximum atomic E-state index is 10.1. The number of diazo groups is 1. The number of nitro groups is 1. The van der Waals surface area contributed by atoms with Crippen LogP contribution in [0.2, 0.25) is 0 Å². The molecule has 2 aromatic rings. The molecular formula is C9H8N5O2S+. The van der Waals surface area contributed by atoms with Crippen molar-refractivity contribution in [2.75, 3.05) is 5.73 Å². The largest absolute Gasteiger partial charge is 0.523 e. The van der Waals surface area contributed by atoms with Crippen LogP contribution in [0.1, 0.15) is 0 Å². The molecule has 1 aromatic carbocycles. The summed E-state index contributed by atoms with van der Waals surface area (Å²) in [5.41, 5.74) is 5.73. The Labute approximate surface area is 100 Å². The summed E-state index contributed by atoms with van der Waals surface area (Å²) in [6.45, 7) is 0. The highest BCUT2D eigenvalue weighted by Gasteiger charge is 2.02. The van der Waals surface area contributed by atoms with Gasteiger partial charge in [-0.15, -0.1) is 0 Å². The number of non-ortho nitro benzene ring substituents is 1.